The maximum Gasteiger partial charge on any atom is 0.313 e. The van der Waals surface area contributed by atoms with Gasteiger partial charge in [-0.1, -0.05) is 12.1 Å². The topological polar surface area (TPSA) is 61.5 Å². The van der Waals surface area contributed by atoms with Crippen molar-refractivity contribution >= 4 is 5.97 Å². The molecule has 0 heterocycles. The molecule has 0 saturated carbocycles. The quantitative estimate of drug-likeness (QED) is 0.831. The highest BCUT2D eigenvalue weighted by molar-refractivity contribution is 5.77. The minimum absolute atomic E-state index is 0.131. The third-order valence-electron chi connectivity index (χ3n) is 3.10. The molecule has 1 aromatic rings. The van der Waals surface area contributed by atoms with E-state index in [4.69, 9.17) is 15.2 Å². The summed E-state index contributed by atoms with van der Waals surface area (Å²) in [4.78, 5) is 11.7. The van der Waals surface area contributed by atoms with Gasteiger partial charge in [-0.3, -0.25) is 4.79 Å². The van der Waals surface area contributed by atoms with Gasteiger partial charge in [0.1, 0.15) is 5.75 Å². The predicted molar refractivity (Wildman–Crippen MR) is 74.9 cm³/mol. The predicted octanol–water partition coefficient (Wildman–Crippen LogP) is 2.67. The maximum atomic E-state index is 11.7. The number of benzene rings is 1. The zero-order valence-electron chi connectivity index (χ0n) is 12.3. The first-order valence-electron chi connectivity index (χ1n) is 6.39. The second-order valence-electron chi connectivity index (χ2n) is 5.43. The molecule has 1 unspecified atom stereocenters. The highest BCUT2D eigenvalue weighted by Gasteiger charge is 2.36. The lowest BCUT2D eigenvalue weighted by Gasteiger charge is -2.29. The molecule has 0 fully saturated rings. The number of carbonyl (C=O) groups excluding carboxylic acids is 1. The van der Waals surface area contributed by atoms with Crippen LogP contribution in [0.25, 0.3) is 0 Å². The van der Waals surface area contributed by atoms with Crippen molar-refractivity contribution in [2.45, 2.75) is 39.8 Å². The Bertz CT molecular complexity index is 424. The molecule has 4 heteroatoms. The van der Waals surface area contributed by atoms with Crippen LogP contribution in [0.1, 0.15) is 39.3 Å². The number of nitrogens with two attached hydrogens (primary N) is 1. The Morgan fingerprint density at radius 3 is 2.16 bits per heavy atom. The Hall–Kier alpha value is -1.55. The Kier molecular flexibility index (Phi) is 4.95. The first kappa shape index (κ1) is 15.5. The van der Waals surface area contributed by atoms with Crippen molar-refractivity contribution in [1.82, 2.24) is 0 Å². The molecule has 106 valence electrons. The highest BCUT2D eigenvalue weighted by atomic mass is 16.5. The van der Waals surface area contributed by atoms with E-state index in [9.17, 15) is 4.79 Å². The molecule has 1 atom stereocenters. The zero-order valence-corrected chi connectivity index (χ0v) is 12.3. The summed E-state index contributed by atoms with van der Waals surface area (Å²) in [7, 11) is 1.37. The second kappa shape index (κ2) is 6.06. The van der Waals surface area contributed by atoms with Crippen LogP contribution in [-0.4, -0.2) is 19.2 Å². The van der Waals surface area contributed by atoms with Crippen molar-refractivity contribution in [2.75, 3.05) is 7.11 Å². The number of hydrogen-bond acceptors (Lipinski definition) is 4. The third kappa shape index (κ3) is 3.70. The van der Waals surface area contributed by atoms with Gasteiger partial charge in [-0.15, -0.1) is 0 Å². The van der Waals surface area contributed by atoms with Gasteiger partial charge in [0, 0.05) is 6.04 Å². The molecule has 0 spiro atoms. The molecule has 0 radical (unpaired) electrons. The van der Waals surface area contributed by atoms with Crippen molar-refractivity contribution in [2.24, 2.45) is 11.1 Å². The van der Waals surface area contributed by atoms with E-state index in [1.54, 1.807) is 13.8 Å². The SMILES string of the molecule is COC(=O)C(C)(C)C(N)c1ccc(OC(C)C)cc1. The molecular formula is C15H23NO3. The van der Waals surface area contributed by atoms with Crippen LogP contribution in [0.5, 0.6) is 5.75 Å². The third-order valence-corrected chi connectivity index (χ3v) is 3.10. The molecule has 0 aliphatic heterocycles. The molecule has 0 saturated heterocycles. The fourth-order valence-corrected chi connectivity index (χ4v) is 1.83. The lowest BCUT2D eigenvalue weighted by molar-refractivity contribution is -0.152. The molecule has 1 rings (SSSR count). The number of rotatable bonds is 5. The van der Waals surface area contributed by atoms with E-state index in [0.29, 0.717) is 0 Å². The summed E-state index contributed by atoms with van der Waals surface area (Å²) in [5.74, 6) is 0.476. The minimum atomic E-state index is -0.769. The Balaban J connectivity index is 2.88. The standard InChI is InChI=1S/C15H23NO3/c1-10(2)19-12-8-6-11(7-9-12)13(16)15(3,4)14(17)18-5/h6-10,13H,16H2,1-5H3. The van der Waals surface area contributed by atoms with Gasteiger partial charge in [-0.2, -0.15) is 0 Å². The van der Waals surface area contributed by atoms with Crippen LogP contribution in [0.2, 0.25) is 0 Å². The maximum absolute atomic E-state index is 11.7. The normalized spacial score (nSPS) is 13.2. The van der Waals surface area contributed by atoms with Gasteiger partial charge in [-0.05, 0) is 45.4 Å². The Morgan fingerprint density at radius 2 is 1.74 bits per heavy atom. The van der Waals surface area contributed by atoms with Gasteiger partial charge in [0.2, 0.25) is 0 Å². The number of esters is 1. The molecule has 0 amide bonds. The van der Waals surface area contributed by atoms with E-state index < -0.39 is 11.5 Å². The van der Waals surface area contributed by atoms with Crippen molar-refractivity contribution in [3.05, 3.63) is 29.8 Å². The van der Waals surface area contributed by atoms with Crippen LogP contribution < -0.4 is 10.5 Å². The monoisotopic (exact) mass is 265 g/mol. The average Bonchev–Trinajstić information content (AvgIpc) is 2.37. The summed E-state index contributed by atoms with van der Waals surface area (Å²) >= 11 is 0. The smallest absolute Gasteiger partial charge is 0.313 e. The van der Waals surface area contributed by atoms with E-state index in [1.165, 1.54) is 7.11 Å². The molecule has 0 aliphatic rings. The van der Waals surface area contributed by atoms with Gasteiger partial charge in [-0.25, -0.2) is 0 Å². The summed E-state index contributed by atoms with van der Waals surface area (Å²) in [5, 5.41) is 0. The molecule has 1 aromatic carbocycles. The van der Waals surface area contributed by atoms with E-state index in [-0.39, 0.29) is 12.1 Å². The number of hydrogen-bond donors (Lipinski definition) is 1. The van der Waals surface area contributed by atoms with Crippen molar-refractivity contribution in [3.63, 3.8) is 0 Å². The van der Waals surface area contributed by atoms with Gasteiger partial charge in [0.25, 0.3) is 0 Å². The first-order chi connectivity index (χ1) is 8.78. The molecular weight excluding hydrogens is 242 g/mol. The summed E-state index contributed by atoms with van der Waals surface area (Å²) < 4.78 is 10.4. The van der Waals surface area contributed by atoms with E-state index in [0.717, 1.165) is 11.3 Å². The molecule has 0 bridgehead atoms. The molecule has 2 N–H and O–H groups in total. The van der Waals surface area contributed by atoms with Gasteiger partial charge < -0.3 is 15.2 Å². The van der Waals surface area contributed by atoms with Crippen LogP contribution in [0.3, 0.4) is 0 Å². The minimum Gasteiger partial charge on any atom is -0.491 e. The average molecular weight is 265 g/mol. The molecule has 4 nitrogen and oxygen atoms in total. The lowest BCUT2D eigenvalue weighted by atomic mass is 9.81. The number of methoxy groups -OCH3 is 1. The first-order valence-corrected chi connectivity index (χ1v) is 6.39. The van der Waals surface area contributed by atoms with Crippen LogP contribution in [0.15, 0.2) is 24.3 Å². The van der Waals surface area contributed by atoms with Crippen LogP contribution >= 0.6 is 0 Å². The fourth-order valence-electron chi connectivity index (χ4n) is 1.83. The lowest BCUT2D eigenvalue weighted by Crippen LogP contribution is -2.37. The number of ether oxygens (including phenoxy) is 2. The fraction of sp³-hybridized carbons (Fsp3) is 0.533. The molecule has 0 aliphatic carbocycles. The van der Waals surface area contributed by atoms with E-state index in [2.05, 4.69) is 0 Å². The Labute approximate surface area is 114 Å². The van der Waals surface area contributed by atoms with Gasteiger partial charge in [0.15, 0.2) is 0 Å². The van der Waals surface area contributed by atoms with Crippen LogP contribution in [0.4, 0.5) is 0 Å². The Morgan fingerprint density at radius 1 is 1.21 bits per heavy atom. The van der Waals surface area contributed by atoms with E-state index >= 15 is 0 Å². The van der Waals surface area contributed by atoms with Crippen molar-refractivity contribution in [3.8, 4) is 5.75 Å². The van der Waals surface area contributed by atoms with Crippen molar-refractivity contribution < 1.29 is 14.3 Å². The van der Waals surface area contributed by atoms with Crippen LogP contribution in [0, 0.1) is 5.41 Å². The highest BCUT2D eigenvalue weighted by Crippen LogP contribution is 2.33. The zero-order chi connectivity index (χ0) is 14.6. The summed E-state index contributed by atoms with van der Waals surface area (Å²) in [6, 6.07) is 7.07. The van der Waals surface area contributed by atoms with Gasteiger partial charge >= 0.3 is 5.97 Å². The van der Waals surface area contributed by atoms with Crippen molar-refractivity contribution in [1.29, 1.82) is 0 Å². The largest absolute Gasteiger partial charge is 0.491 e. The summed E-state index contributed by atoms with van der Waals surface area (Å²) in [6.07, 6.45) is 0.131. The number of carbonyl (C=O) groups is 1. The summed E-state index contributed by atoms with van der Waals surface area (Å²) in [5.41, 5.74) is 6.27. The summed E-state index contributed by atoms with van der Waals surface area (Å²) in [6.45, 7) is 7.50. The second-order valence-corrected chi connectivity index (χ2v) is 5.43. The molecule has 19 heavy (non-hydrogen) atoms. The van der Waals surface area contributed by atoms with Gasteiger partial charge in [0.05, 0.1) is 18.6 Å². The molecule has 0 aromatic heterocycles. The van der Waals surface area contributed by atoms with Crippen LogP contribution in [-0.2, 0) is 9.53 Å². The van der Waals surface area contributed by atoms with E-state index in [1.807, 2.05) is 38.1 Å².